The maximum atomic E-state index is 13.1. The van der Waals surface area contributed by atoms with Crippen LogP contribution in [-0.4, -0.2) is 77.6 Å². The molecule has 1 saturated heterocycles. The smallest absolute Gasteiger partial charge is 0.543 e. The molecule has 2 atom stereocenters. The van der Waals surface area contributed by atoms with Crippen molar-refractivity contribution in [2.75, 3.05) is 38.6 Å². The second kappa shape index (κ2) is 13.9. The number of methoxy groups -OCH3 is 2. The molecule has 0 radical (unpaired) electrons. The SMILES string of the molecule is CO/N=C(\C(=O)N[C@@H]1C(=O)N2C(C(=O)[O-])=C(CSc3cc(=O)c4cc(OC)c(OC)cc4s3)CS[C@@H]12)c1csc(N)n1.[Na+]. The number of carboxylic acids is 1. The molecular formula is C25H22N5NaO8S4. The fraction of sp³-hybridized carbons (Fsp3) is 0.280. The van der Waals surface area contributed by atoms with Gasteiger partial charge in [-0.3, -0.25) is 19.3 Å². The average Bonchev–Trinajstić information content (AvgIpc) is 3.41. The number of fused-ring (bicyclic) bond motifs is 2. The van der Waals surface area contributed by atoms with Crippen LogP contribution in [0.5, 0.6) is 11.5 Å². The number of nitrogen functional groups attached to an aromatic ring is 1. The Morgan fingerprint density at radius 2 is 1.93 bits per heavy atom. The molecule has 0 spiro atoms. The van der Waals surface area contributed by atoms with Crippen LogP contribution in [-0.2, 0) is 19.2 Å². The minimum absolute atomic E-state index is 0. The number of hydrogen-bond donors (Lipinski definition) is 2. The van der Waals surface area contributed by atoms with E-state index in [1.54, 1.807) is 12.1 Å². The number of benzene rings is 1. The van der Waals surface area contributed by atoms with Gasteiger partial charge in [0.1, 0.15) is 24.2 Å². The number of ether oxygens (including phenoxy) is 2. The van der Waals surface area contributed by atoms with Crippen LogP contribution in [0.2, 0.25) is 0 Å². The van der Waals surface area contributed by atoms with Crippen LogP contribution in [0.25, 0.3) is 10.1 Å². The molecule has 0 unspecified atom stereocenters. The summed E-state index contributed by atoms with van der Waals surface area (Å²) in [5, 5.41) is 20.1. The molecule has 220 valence electrons. The average molecular weight is 672 g/mol. The monoisotopic (exact) mass is 671 g/mol. The number of nitrogens with two attached hydrogens (primary N) is 1. The predicted octanol–water partition coefficient (Wildman–Crippen LogP) is -2.13. The number of thiazole rings is 1. The molecule has 2 aromatic heterocycles. The van der Waals surface area contributed by atoms with Crippen LogP contribution in [0.4, 0.5) is 5.13 Å². The van der Waals surface area contributed by atoms with Crippen molar-refractivity contribution in [2.45, 2.75) is 15.6 Å². The van der Waals surface area contributed by atoms with Gasteiger partial charge in [-0.05, 0) is 11.6 Å². The van der Waals surface area contributed by atoms with Gasteiger partial charge in [-0.2, -0.15) is 0 Å². The van der Waals surface area contributed by atoms with Crippen LogP contribution >= 0.6 is 46.2 Å². The summed E-state index contributed by atoms with van der Waals surface area (Å²) in [5.41, 5.74) is 5.68. The summed E-state index contributed by atoms with van der Waals surface area (Å²) < 4.78 is 12.0. The number of anilines is 1. The van der Waals surface area contributed by atoms with Gasteiger partial charge in [0.15, 0.2) is 27.8 Å². The summed E-state index contributed by atoms with van der Waals surface area (Å²) in [5.74, 6) is -1.43. The first kappa shape index (κ1) is 33.1. The maximum Gasteiger partial charge on any atom is 1.00 e. The Kier molecular flexibility index (Phi) is 10.7. The van der Waals surface area contributed by atoms with E-state index in [2.05, 4.69) is 15.5 Å². The molecule has 18 heteroatoms. The first-order valence-corrected chi connectivity index (χ1v) is 15.7. The summed E-state index contributed by atoms with van der Waals surface area (Å²) in [6.45, 7) is 0. The van der Waals surface area contributed by atoms with E-state index in [0.717, 1.165) is 16.2 Å². The zero-order valence-corrected chi connectivity index (χ0v) is 28.5. The molecule has 1 aromatic carbocycles. The topological polar surface area (TPSA) is 186 Å². The summed E-state index contributed by atoms with van der Waals surface area (Å²) >= 11 is 5.04. The number of carbonyl (C=O) groups is 3. The van der Waals surface area contributed by atoms with Crippen LogP contribution in [0.3, 0.4) is 0 Å². The largest absolute Gasteiger partial charge is 1.00 e. The van der Waals surface area contributed by atoms with Crippen molar-refractivity contribution in [3.63, 3.8) is 0 Å². The van der Waals surface area contributed by atoms with E-state index in [1.165, 1.54) is 67.6 Å². The maximum absolute atomic E-state index is 13.1. The molecule has 5 rings (SSSR count). The molecule has 2 aliphatic rings. The molecule has 3 aromatic rings. The fourth-order valence-electron chi connectivity index (χ4n) is 4.37. The van der Waals surface area contributed by atoms with Gasteiger partial charge < -0.3 is 35.3 Å². The molecule has 4 heterocycles. The van der Waals surface area contributed by atoms with E-state index in [0.29, 0.717) is 31.4 Å². The van der Waals surface area contributed by atoms with Crippen LogP contribution in [0.15, 0.2) is 49.0 Å². The van der Waals surface area contributed by atoms with Gasteiger partial charge in [0.05, 0.1) is 30.1 Å². The number of amides is 2. The van der Waals surface area contributed by atoms with E-state index < -0.39 is 29.2 Å². The van der Waals surface area contributed by atoms with Crippen molar-refractivity contribution in [3.05, 3.63) is 50.8 Å². The quantitative estimate of drug-likeness (QED) is 0.0786. The molecule has 1 fully saturated rings. The molecule has 43 heavy (non-hydrogen) atoms. The number of oxime groups is 1. The van der Waals surface area contributed by atoms with Gasteiger partial charge in [0.25, 0.3) is 11.8 Å². The summed E-state index contributed by atoms with van der Waals surface area (Å²) in [7, 11) is 4.25. The molecule has 0 saturated carbocycles. The van der Waals surface area contributed by atoms with E-state index in [4.69, 9.17) is 20.0 Å². The van der Waals surface area contributed by atoms with Gasteiger partial charge in [0, 0.05) is 39.1 Å². The molecular weight excluding hydrogens is 650 g/mol. The molecule has 2 amide bonds. The Bertz CT molecular complexity index is 1730. The number of hydrogen-bond acceptors (Lipinski definition) is 15. The van der Waals surface area contributed by atoms with Crippen LogP contribution in [0.1, 0.15) is 5.69 Å². The fourth-order valence-corrected chi connectivity index (χ4v) is 8.64. The minimum Gasteiger partial charge on any atom is -0.543 e. The van der Waals surface area contributed by atoms with Gasteiger partial charge >= 0.3 is 29.6 Å². The third-order valence-electron chi connectivity index (χ3n) is 6.29. The number of thioether (sulfide) groups is 2. The number of carboxylic acid groups (broad SMARTS) is 1. The number of aliphatic carboxylic acids is 1. The Morgan fingerprint density at radius 3 is 2.56 bits per heavy atom. The predicted molar refractivity (Wildman–Crippen MR) is 159 cm³/mol. The molecule has 0 aliphatic carbocycles. The van der Waals surface area contributed by atoms with Crippen molar-refractivity contribution in [3.8, 4) is 11.5 Å². The third kappa shape index (κ3) is 6.52. The van der Waals surface area contributed by atoms with Crippen molar-refractivity contribution >= 4 is 84.9 Å². The Labute approximate surface area is 283 Å². The minimum atomic E-state index is -1.50. The standard InChI is InChI=1S/C25H23N5O8S4.Na/c1-36-14-4-11-13(31)5-17(42-16(11)6-15(14)37-2)39-7-10-8-40-23-19(22(33)30(23)20(10)24(34)35)28-21(32)18(29-38-3)12-9-41-25(26)27-12;/h4-6,9,19,23H,7-8H2,1-3H3,(H2,26,27)(H,28,32)(H,34,35);/q;+1/p-1/b29-18-;/t19-,23+;/m1./s1. The van der Waals surface area contributed by atoms with Gasteiger partial charge in [-0.1, -0.05) is 5.16 Å². The summed E-state index contributed by atoms with van der Waals surface area (Å²) in [6.07, 6.45) is 0. The summed E-state index contributed by atoms with van der Waals surface area (Å²) in [6, 6.07) is 3.83. The number of carbonyl (C=O) groups excluding carboxylic acids is 3. The Balaban J connectivity index is 0.00000423. The van der Waals surface area contributed by atoms with Crippen LogP contribution in [0, 0.1) is 0 Å². The second-order valence-electron chi connectivity index (χ2n) is 8.72. The number of β-lactam (4-membered cyclic amide) rings is 1. The second-order valence-corrected chi connectivity index (χ2v) is 13.1. The Hall–Kier alpha value is -2.80. The van der Waals surface area contributed by atoms with Gasteiger partial charge in [-0.15, -0.1) is 46.2 Å². The van der Waals surface area contributed by atoms with E-state index in [-0.39, 0.29) is 68.7 Å². The van der Waals surface area contributed by atoms with Gasteiger partial charge in [-0.25, -0.2) is 4.98 Å². The summed E-state index contributed by atoms with van der Waals surface area (Å²) in [4.78, 5) is 60.9. The number of aromatic nitrogens is 1. The van der Waals surface area contributed by atoms with Gasteiger partial charge in [0.2, 0.25) is 0 Å². The molecule has 0 bridgehead atoms. The van der Waals surface area contributed by atoms with Crippen molar-refractivity contribution in [2.24, 2.45) is 5.16 Å². The van der Waals surface area contributed by atoms with E-state index in [1.807, 2.05) is 0 Å². The Morgan fingerprint density at radius 1 is 1.21 bits per heavy atom. The van der Waals surface area contributed by atoms with E-state index in [9.17, 15) is 24.3 Å². The first-order chi connectivity index (χ1) is 20.2. The zero-order chi connectivity index (χ0) is 30.1. The number of nitrogens with zero attached hydrogens (tertiary/aromatic N) is 3. The van der Waals surface area contributed by atoms with Crippen LogP contribution < -0.4 is 60.6 Å². The van der Waals surface area contributed by atoms with Crippen molar-refractivity contribution < 1.29 is 63.4 Å². The molecule has 2 aliphatic heterocycles. The zero-order valence-electron chi connectivity index (χ0n) is 23.2. The molecule has 3 N–H and O–H groups in total. The normalized spacial score (nSPS) is 18.0. The van der Waals surface area contributed by atoms with Crippen molar-refractivity contribution in [1.82, 2.24) is 15.2 Å². The van der Waals surface area contributed by atoms with E-state index >= 15 is 0 Å². The number of nitrogens with one attached hydrogen (secondary N) is 1. The first-order valence-electron chi connectivity index (χ1n) is 12.0. The third-order valence-corrected chi connectivity index (χ3v) is 10.7. The molecule has 13 nitrogen and oxygen atoms in total. The van der Waals surface area contributed by atoms with Crippen molar-refractivity contribution in [1.29, 1.82) is 0 Å². The number of rotatable bonds is 10.